The van der Waals surface area contributed by atoms with Crippen LogP contribution in [0.25, 0.3) is 4.96 Å². The second-order valence-corrected chi connectivity index (χ2v) is 7.43. The van der Waals surface area contributed by atoms with E-state index in [4.69, 9.17) is 0 Å². The summed E-state index contributed by atoms with van der Waals surface area (Å²) in [5.74, 6) is 1.03. The summed E-state index contributed by atoms with van der Waals surface area (Å²) < 4.78 is 1.39. The summed E-state index contributed by atoms with van der Waals surface area (Å²) in [7, 11) is 0. The monoisotopic (exact) mass is 356 g/mol. The third-order valence-corrected chi connectivity index (χ3v) is 5.81. The van der Waals surface area contributed by atoms with Crippen molar-refractivity contribution in [1.82, 2.24) is 14.6 Å². The highest BCUT2D eigenvalue weighted by molar-refractivity contribution is 7.20. The molecule has 6 nitrogen and oxygen atoms in total. The first-order chi connectivity index (χ1) is 12.2. The lowest BCUT2D eigenvalue weighted by atomic mass is 9.91. The van der Waals surface area contributed by atoms with Crippen LogP contribution in [0, 0.1) is 5.92 Å². The molecule has 7 heteroatoms. The van der Waals surface area contributed by atoms with E-state index < -0.39 is 0 Å². The Kier molecular flexibility index (Phi) is 4.40. The van der Waals surface area contributed by atoms with E-state index in [0.717, 1.165) is 37.5 Å². The topological polar surface area (TPSA) is 70.7 Å². The molecule has 1 N–H and O–H groups in total. The number of aromatic nitrogens is 3. The van der Waals surface area contributed by atoms with Gasteiger partial charge in [-0.25, -0.2) is 4.98 Å². The lowest BCUT2D eigenvalue weighted by Gasteiger charge is -2.31. The van der Waals surface area contributed by atoms with E-state index in [-0.39, 0.29) is 5.56 Å². The molecule has 1 aliphatic rings. The number of phenolic OH excluding ortho intramolecular Hbond substituents is 1. The predicted molar refractivity (Wildman–Crippen MR) is 98.5 cm³/mol. The van der Waals surface area contributed by atoms with Crippen molar-refractivity contribution < 1.29 is 5.11 Å². The van der Waals surface area contributed by atoms with Crippen LogP contribution < -0.4 is 10.5 Å². The summed E-state index contributed by atoms with van der Waals surface area (Å²) >= 11 is 1.47. The minimum atomic E-state index is -0.128. The van der Waals surface area contributed by atoms with Gasteiger partial charge < -0.3 is 10.0 Å². The van der Waals surface area contributed by atoms with Gasteiger partial charge in [-0.1, -0.05) is 23.5 Å². The molecule has 3 heterocycles. The lowest BCUT2D eigenvalue weighted by molar-refractivity contribution is 0.381. The number of hydrogen-bond acceptors (Lipinski definition) is 6. The molecule has 0 radical (unpaired) electrons. The van der Waals surface area contributed by atoms with Gasteiger partial charge >= 0.3 is 0 Å². The zero-order valence-corrected chi connectivity index (χ0v) is 14.7. The van der Waals surface area contributed by atoms with Gasteiger partial charge in [-0.2, -0.15) is 4.52 Å². The van der Waals surface area contributed by atoms with E-state index in [1.165, 1.54) is 40.1 Å². The molecule has 0 aliphatic carbocycles. The first kappa shape index (κ1) is 16.1. The largest absolute Gasteiger partial charge is 0.508 e. The highest BCUT2D eigenvalue weighted by atomic mass is 32.1. The molecule has 1 aliphatic heterocycles. The van der Waals surface area contributed by atoms with E-state index in [0.29, 0.717) is 16.6 Å². The quantitative estimate of drug-likeness (QED) is 0.778. The maximum absolute atomic E-state index is 11.8. The van der Waals surface area contributed by atoms with Crippen molar-refractivity contribution in [2.75, 3.05) is 18.0 Å². The number of hydrogen-bond donors (Lipinski definition) is 1. The molecule has 1 fully saturated rings. The normalized spacial score (nSPS) is 15.8. The molecular weight excluding hydrogens is 336 g/mol. The van der Waals surface area contributed by atoms with Gasteiger partial charge in [0, 0.05) is 25.4 Å². The number of aromatic hydroxyl groups is 1. The molecule has 0 unspecified atom stereocenters. The van der Waals surface area contributed by atoms with Gasteiger partial charge in [-0.3, -0.25) is 4.79 Å². The summed E-state index contributed by atoms with van der Waals surface area (Å²) in [4.78, 5) is 18.9. The van der Waals surface area contributed by atoms with Crippen molar-refractivity contribution in [2.45, 2.75) is 25.7 Å². The van der Waals surface area contributed by atoms with Crippen molar-refractivity contribution in [3.8, 4) is 5.75 Å². The number of rotatable bonds is 4. The van der Waals surface area contributed by atoms with E-state index in [2.05, 4.69) is 15.0 Å². The van der Waals surface area contributed by atoms with Crippen molar-refractivity contribution in [3.05, 3.63) is 52.4 Å². The maximum atomic E-state index is 11.8. The second-order valence-electron chi connectivity index (χ2n) is 6.50. The van der Waals surface area contributed by atoms with Crippen LogP contribution in [0.3, 0.4) is 0 Å². The van der Waals surface area contributed by atoms with Crippen LogP contribution in [0.15, 0.2) is 41.3 Å². The van der Waals surface area contributed by atoms with Crippen LogP contribution in [-0.2, 0) is 6.42 Å². The van der Waals surface area contributed by atoms with Crippen LogP contribution >= 0.6 is 11.3 Å². The Labute approximate surface area is 149 Å². The minimum Gasteiger partial charge on any atom is -0.508 e. The Morgan fingerprint density at radius 2 is 1.92 bits per heavy atom. The summed E-state index contributed by atoms with van der Waals surface area (Å²) in [5.41, 5.74) is 1.15. The van der Waals surface area contributed by atoms with Crippen LogP contribution in [0.4, 0.5) is 5.13 Å². The van der Waals surface area contributed by atoms with Crippen molar-refractivity contribution >= 4 is 21.4 Å². The van der Waals surface area contributed by atoms with Crippen molar-refractivity contribution in [1.29, 1.82) is 0 Å². The van der Waals surface area contributed by atoms with Crippen LogP contribution in [0.5, 0.6) is 5.75 Å². The average molecular weight is 356 g/mol. The number of fused-ring (bicyclic) bond motifs is 1. The summed E-state index contributed by atoms with van der Waals surface area (Å²) in [6.07, 6.45) is 6.02. The van der Waals surface area contributed by atoms with E-state index in [1.54, 1.807) is 12.1 Å². The van der Waals surface area contributed by atoms with Gasteiger partial charge in [0.05, 0.1) is 0 Å². The molecule has 25 heavy (non-hydrogen) atoms. The summed E-state index contributed by atoms with van der Waals surface area (Å²) in [5, 5.41) is 14.7. The van der Waals surface area contributed by atoms with E-state index in [1.807, 2.05) is 12.1 Å². The summed E-state index contributed by atoms with van der Waals surface area (Å²) in [6, 6.07) is 8.93. The third kappa shape index (κ3) is 3.51. The van der Waals surface area contributed by atoms with E-state index in [9.17, 15) is 9.90 Å². The maximum Gasteiger partial charge on any atom is 0.275 e. The van der Waals surface area contributed by atoms with Gasteiger partial charge in [0.15, 0.2) is 0 Å². The van der Waals surface area contributed by atoms with Gasteiger partial charge in [0.2, 0.25) is 10.1 Å². The number of phenols is 1. The molecule has 3 aromatic rings. The number of aryl methyl sites for hydroxylation is 1. The minimum absolute atomic E-state index is 0.128. The Morgan fingerprint density at radius 1 is 1.16 bits per heavy atom. The van der Waals surface area contributed by atoms with Crippen LogP contribution in [-0.4, -0.2) is 32.8 Å². The first-order valence-electron chi connectivity index (χ1n) is 8.57. The van der Waals surface area contributed by atoms with Gasteiger partial charge in [0.1, 0.15) is 5.75 Å². The SMILES string of the molecule is O=c1ccnc2sc(N3CCC(CCc4ccc(O)cc4)CC3)nn12. The Morgan fingerprint density at radius 3 is 2.64 bits per heavy atom. The fourth-order valence-corrected chi connectivity index (χ4v) is 4.24. The Balaban J connectivity index is 1.35. The molecule has 0 bridgehead atoms. The second kappa shape index (κ2) is 6.84. The zero-order valence-electron chi connectivity index (χ0n) is 13.8. The molecule has 1 saturated heterocycles. The number of nitrogens with zero attached hydrogens (tertiary/aromatic N) is 4. The van der Waals surface area contributed by atoms with Crippen LogP contribution in [0.2, 0.25) is 0 Å². The molecule has 0 saturated carbocycles. The molecule has 0 amide bonds. The van der Waals surface area contributed by atoms with Gasteiger partial charge in [0.25, 0.3) is 5.56 Å². The average Bonchev–Trinajstić information content (AvgIpc) is 3.07. The number of benzene rings is 1. The summed E-state index contributed by atoms with van der Waals surface area (Å²) in [6.45, 7) is 1.93. The highest BCUT2D eigenvalue weighted by Crippen LogP contribution is 2.28. The van der Waals surface area contributed by atoms with Gasteiger partial charge in [-0.05, 0) is 49.3 Å². The predicted octanol–water partition coefficient (Wildman–Crippen LogP) is 2.71. The molecule has 0 atom stereocenters. The molecule has 4 rings (SSSR count). The molecule has 1 aromatic carbocycles. The Hall–Kier alpha value is -2.41. The molecule has 130 valence electrons. The van der Waals surface area contributed by atoms with Crippen molar-refractivity contribution in [2.24, 2.45) is 5.92 Å². The smallest absolute Gasteiger partial charge is 0.275 e. The zero-order chi connectivity index (χ0) is 17.2. The van der Waals surface area contributed by atoms with E-state index >= 15 is 0 Å². The fraction of sp³-hybridized carbons (Fsp3) is 0.389. The fourth-order valence-electron chi connectivity index (χ4n) is 3.31. The van der Waals surface area contributed by atoms with Crippen molar-refractivity contribution in [3.63, 3.8) is 0 Å². The number of anilines is 1. The molecule has 0 spiro atoms. The third-order valence-electron chi connectivity index (χ3n) is 4.82. The lowest BCUT2D eigenvalue weighted by Crippen LogP contribution is -2.34. The standard InChI is InChI=1S/C18H20N4O2S/c23-15-5-3-13(4-6-15)1-2-14-8-11-21(12-9-14)18-20-22-16(24)7-10-19-17(22)25-18/h3-7,10,14,23H,1-2,8-9,11-12H2. The highest BCUT2D eigenvalue weighted by Gasteiger charge is 2.22. The molecular formula is C18H20N4O2S. The van der Waals surface area contributed by atoms with Gasteiger partial charge in [-0.15, -0.1) is 5.10 Å². The molecule has 2 aromatic heterocycles. The first-order valence-corrected chi connectivity index (χ1v) is 9.38. The Bertz CT molecular complexity index is 911. The number of piperidine rings is 1. The van der Waals surface area contributed by atoms with Crippen LogP contribution in [0.1, 0.15) is 24.8 Å².